The van der Waals surface area contributed by atoms with Crippen LogP contribution in [0.1, 0.15) is 24.9 Å². The third-order valence-corrected chi connectivity index (χ3v) is 2.38. The van der Waals surface area contributed by atoms with Crippen molar-refractivity contribution in [1.82, 2.24) is 0 Å². The molecular weight excluding hydrogens is 197 g/mol. The maximum Gasteiger partial charge on any atom is 0.123 e. The highest BCUT2D eigenvalue weighted by Gasteiger charge is 2.19. The van der Waals surface area contributed by atoms with Crippen molar-refractivity contribution in [3.05, 3.63) is 29.6 Å². The van der Waals surface area contributed by atoms with Crippen LogP contribution in [0.15, 0.2) is 18.2 Å². The second kappa shape index (κ2) is 5.09. The summed E-state index contributed by atoms with van der Waals surface area (Å²) >= 11 is 0. The molecule has 1 aromatic rings. The van der Waals surface area contributed by atoms with Gasteiger partial charge in [-0.1, -0.05) is 6.92 Å². The number of rotatable bonds is 4. The molecule has 0 saturated heterocycles. The van der Waals surface area contributed by atoms with Crippen molar-refractivity contribution in [2.75, 3.05) is 7.11 Å². The minimum Gasteiger partial charge on any atom is -0.496 e. The zero-order chi connectivity index (χ0) is 11.4. The van der Waals surface area contributed by atoms with Gasteiger partial charge in [-0.3, -0.25) is 0 Å². The SMILES string of the molecule is CC[C@@H](O)[C@@H](N)c1cc(F)ccc1OC. The Kier molecular flexibility index (Phi) is 4.05. The van der Waals surface area contributed by atoms with E-state index in [1.54, 1.807) is 0 Å². The van der Waals surface area contributed by atoms with Crippen molar-refractivity contribution < 1.29 is 14.2 Å². The molecule has 3 N–H and O–H groups in total. The Hall–Kier alpha value is -1.13. The minimum absolute atomic E-state index is 0.385. The topological polar surface area (TPSA) is 55.5 Å². The Labute approximate surface area is 88.7 Å². The summed E-state index contributed by atoms with van der Waals surface area (Å²) in [6.07, 6.45) is -0.179. The van der Waals surface area contributed by atoms with Crippen LogP contribution >= 0.6 is 0 Å². The molecule has 0 aliphatic heterocycles. The average molecular weight is 213 g/mol. The molecule has 0 radical (unpaired) electrons. The van der Waals surface area contributed by atoms with Crippen LogP contribution in [0.3, 0.4) is 0 Å². The van der Waals surface area contributed by atoms with Crippen LogP contribution in [0.4, 0.5) is 4.39 Å². The van der Waals surface area contributed by atoms with E-state index in [0.717, 1.165) is 0 Å². The first-order valence-corrected chi connectivity index (χ1v) is 4.87. The normalized spacial score (nSPS) is 14.7. The first-order chi connectivity index (χ1) is 7.10. The maximum absolute atomic E-state index is 13.0. The predicted molar refractivity (Wildman–Crippen MR) is 56.2 cm³/mol. The third kappa shape index (κ3) is 2.67. The number of nitrogens with two attached hydrogens (primary N) is 1. The van der Waals surface area contributed by atoms with E-state index in [4.69, 9.17) is 10.5 Å². The number of benzene rings is 1. The number of aliphatic hydroxyl groups excluding tert-OH is 1. The highest BCUT2D eigenvalue weighted by molar-refractivity contribution is 5.36. The molecule has 0 heterocycles. The Morgan fingerprint density at radius 1 is 1.53 bits per heavy atom. The van der Waals surface area contributed by atoms with Crippen LogP contribution in [0.25, 0.3) is 0 Å². The monoisotopic (exact) mass is 213 g/mol. The molecule has 0 spiro atoms. The minimum atomic E-state index is -0.694. The van der Waals surface area contributed by atoms with Crippen LogP contribution in [0, 0.1) is 5.82 Å². The lowest BCUT2D eigenvalue weighted by atomic mass is 9.99. The van der Waals surface area contributed by atoms with Gasteiger partial charge in [-0.25, -0.2) is 4.39 Å². The lowest BCUT2D eigenvalue weighted by Gasteiger charge is -2.20. The molecule has 0 fully saturated rings. The van der Waals surface area contributed by atoms with Gasteiger partial charge in [0.05, 0.1) is 19.3 Å². The molecule has 1 rings (SSSR count). The van der Waals surface area contributed by atoms with Crippen molar-refractivity contribution in [2.45, 2.75) is 25.5 Å². The molecule has 0 bridgehead atoms. The van der Waals surface area contributed by atoms with Gasteiger partial charge >= 0.3 is 0 Å². The number of hydrogen-bond donors (Lipinski definition) is 2. The van der Waals surface area contributed by atoms with Gasteiger partial charge in [0, 0.05) is 5.56 Å². The van der Waals surface area contributed by atoms with Crippen molar-refractivity contribution in [2.24, 2.45) is 5.73 Å². The quantitative estimate of drug-likeness (QED) is 0.798. The standard InChI is InChI=1S/C11H16FNO2/c1-3-9(14)11(13)8-6-7(12)4-5-10(8)15-2/h4-6,9,11,14H,3,13H2,1-2H3/t9-,11+/m1/s1. The van der Waals surface area contributed by atoms with Crippen LogP contribution in [0.2, 0.25) is 0 Å². The first kappa shape index (κ1) is 11.9. The molecule has 84 valence electrons. The summed E-state index contributed by atoms with van der Waals surface area (Å²) in [6.45, 7) is 1.82. The average Bonchev–Trinajstić information content (AvgIpc) is 2.27. The fraction of sp³-hybridized carbons (Fsp3) is 0.455. The Morgan fingerprint density at radius 2 is 2.20 bits per heavy atom. The molecule has 4 heteroatoms. The summed E-state index contributed by atoms with van der Waals surface area (Å²) in [4.78, 5) is 0. The molecule has 0 aliphatic rings. The van der Waals surface area contributed by atoms with Crippen molar-refractivity contribution >= 4 is 0 Å². The third-order valence-electron chi connectivity index (χ3n) is 2.38. The summed E-state index contributed by atoms with van der Waals surface area (Å²) < 4.78 is 18.1. The van der Waals surface area contributed by atoms with E-state index in [2.05, 4.69) is 0 Å². The highest BCUT2D eigenvalue weighted by atomic mass is 19.1. The van der Waals surface area contributed by atoms with E-state index in [1.807, 2.05) is 6.92 Å². The Morgan fingerprint density at radius 3 is 2.73 bits per heavy atom. The van der Waals surface area contributed by atoms with E-state index in [9.17, 15) is 9.50 Å². The lowest BCUT2D eigenvalue weighted by molar-refractivity contribution is 0.139. The van der Waals surface area contributed by atoms with Gasteiger partial charge in [-0.2, -0.15) is 0 Å². The smallest absolute Gasteiger partial charge is 0.123 e. The van der Waals surface area contributed by atoms with Gasteiger partial charge in [0.15, 0.2) is 0 Å². The fourth-order valence-electron chi connectivity index (χ4n) is 1.43. The number of ether oxygens (including phenoxy) is 1. The van der Waals surface area contributed by atoms with Crippen molar-refractivity contribution in [3.8, 4) is 5.75 Å². The van der Waals surface area contributed by atoms with E-state index in [1.165, 1.54) is 25.3 Å². The van der Waals surface area contributed by atoms with Gasteiger partial charge in [0.25, 0.3) is 0 Å². The van der Waals surface area contributed by atoms with Gasteiger partial charge in [-0.05, 0) is 24.6 Å². The molecule has 0 aliphatic carbocycles. The fourth-order valence-corrected chi connectivity index (χ4v) is 1.43. The van der Waals surface area contributed by atoms with Crippen LogP contribution in [0.5, 0.6) is 5.75 Å². The first-order valence-electron chi connectivity index (χ1n) is 4.87. The summed E-state index contributed by atoms with van der Waals surface area (Å²) in [7, 11) is 1.49. The van der Waals surface area contributed by atoms with Crippen molar-refractivity contribution in [3.63, 3.8) is 0 Å². The van der Waals surface area contributed by atoms with E-state index < -0.39 is 12.1 Å². The maximum atomic E-state index is 13.0. The zero-order valence-corrected chi connectivity index (χ0v) is 8.90. The van der Waals surface area contributed by atoms with E-state index in [-0.39, 0.29) is 5.82 Å². The molecule has 0 amide bonds. The number of halogens is 1. The second-order valence-corrected chi connectivity index (χ2v) is 3.39. The largest absolute Gasteiger partial charge is 0.496 e. The number of hydrogen-bond acceptors (Lipinski definition) is 3. The molecule has 0 unspecified atom stereocenters. The molecular formula is C11H16FNO2. The lowest BCUT2D eigenvalue weighted by Crippen LogP contribution is -2.26. The van der Waals surface area contributed by atoms with E-state index >= 15 is 0 Å². The summed E-state index contributed by atoms with van der Waals surface area (Å²) in [6, 6.07) is 3.48. The van der Waals surface area contributed by atoms with Crippen LogP contribution < -0.4 is 10.5 Å². The summed E-state index contributed by atoms with van der Waals surface area (Å²) in [5.41, 5.74) is 6.29. The predicted octanol–water partition coefficient (Wildman–Crippen LogP) is 1.61. The van der Waals surface area contributed by atoms with Gasteiger partial charge in [-0.15, -0.1) is 0 Å². The molecule has 0 saturated carbocycles. The molecule has 0 aromatic heterocycles. The second-order valence-electron chi connectivity index (χ2n) is 3.39. The molecule has 1 aromatic carbocycles. The number of aliphatic hydroxyl groups is 1. The van der Waals surface area contributed by atoms with Crippen LogP contribution in [-0.2, 0) is 0 Å². The van der Waals surface area contributed by atoms with Crippen LogP contribution in [-0.4, -0.2) is 18.3 Å². The summed E-state index contributed by atoms with van der Waals surface area (Å²) in [5, 5.41) is 9.59. The van der Waals surface area contributed by atoms with E-state index in [0.29, 0.717) is 17.7 Å². The number of methoxy groups -OCH3 is 1. The Balaban J connectivity index is 3.05. The zero-order valence-electron chi connectivity index (χ0n) is 8.90. The Bertz CT molecular complexity index is 330. The summed E-state index contributed by atoms with van der Waals surface area (Å²) in [5.74, 6) is 0.112. The van der Waals surface area contributed by atoms with Gasteiger partial charge in [0.1, 0.15) is 11.6 Å². The van der Waals surface area contributed by atoms with Crippen molar-refractivity contribution in [1.29, 1.82) is 0 Å². The van der Waals surface area contributed by atoms with Gasteiger partial charge < -0.3 is 15.6 Å². The molecule has 3 nitrogen and oxygen atoms in total. The molecule has 2 atom stereocenters. The highest BCUT2D eigenvalue weighted by Crippen LogP contribution is 2.27. The molecule has 15 heavy (non-hydrogen) atoms. The van der Waals surface area contributed by atoms with Gasteiger partial charge in [0.2, 0.25) is 0 Å².